The third-order valence-corrected chi connectivity index (χ3v) is 6.58. The predicted octanol–water partition coefficient (Wildman–Crippen LogP) is 3.80. The van der Waals surface area contributed by atoms with Crippen molar-refractivity contribution in [1.82, 2.24) is 9.91 Å². The molecule has 1 fully saturated rings. The van der Waals surface area contributed by atoms with Crippen molar-refractivity contribution >= 4 is 17.6 Å². The highest BCUT2D eigenvalue weighted by atomic mass is 16.5. The summed E-state index contributed by atoms with van der Waals surface area (Å²) < 4.78 is 16.3. The van der Waals surface area contributed by atoms with Crippen LogP contribution in [-0.4, -0.2) is 67.5 Å². The first-order valence-electron chi connectivity index (χ1n) is 12.1. The summed E-state index contributed by atoms with van der Waals surface area (Å²) in [5, 5.41) is 6.34. The Hall–Kier alpha value is -3.39. The number of carbonyl (C=O) groups is 2. The van der Waals surface area contributed by atoms with Crippen molar-refractivity contribution in [3.05, 3.63) is 59.7 Å². The van der Waals surface area contributed by atoms with Crippen LogP contribution < -0.4 is 9.47 Å². The van der Waals surface area contributed by atoms with E-state index < -0.39 is 6.04 Å². The molecule has 0 aromatic heterocycles. The zero-order valence-corrected chi connectivity index (χ0v) is 20.6. The van der Waals surface area contributed by atoms with Gasteiger partial charge in [-0.15, -0.1) is 0 Å². The molecule has 0 N–H and O–H groups in total. The summed E-state index contributed by atoms with van der Waals surface area (Å²) in [6, 6.07) is 14.7. The van der Waals surface area contributed by atoms with Gasteiger partial charge in [-0.3, -0.25) is 14.5 Å². The molecule has 35 heavy (non-hydrogen) atoms. The van der Waals surface area contributed by atoms with Crippen LogP contribution in [0.4, 0.5) is 0 Å². The van der Waals surface area contributed by atoms with E-state index in [1.807, 2.05) is 53.4 Å². The quantitative estimate of drug-likeness (QED) is 0.536. The van der Waals surface area contributed by atoms with Gasteiger partial charge in [-0.05, 0) is 44.5 Å². The molecule has 0 unspecified atom stereocenters. The SMILES string of the molecule is CCOC(=O)[C@@H]1CCCCN1CC(=O)N1N=C(c2cccc(OC)c2)C[C@H]1c1ccccc1OC. The average Bonchev–Trinajstić information content (AvgIpc) is 3.35. The first-order chi connectivity index (χ1) is 17.0. The lowest BCUT2D eigenvalue weighted by atomic mass is 9.97. The van der Waals surface area contributed by atoms with Gasteiger partial charge in [-0.25, -0.2) is 5.01 Å². The number of nitrogens with zero attached hydrogens (tertiary/aromatic N) is 3. The summed E-state index contributed by atoms with van der Waals surface area (Å²) >= 11 is 0. The fourth-order valence-electron chi connectivity index (χ4n) is 4.83. The van der Waals surface area contributed by atoms with Crippen molar-refractivity contribution in [1.29, 1.82) is 0 Å². The first-order valence-corrected chi connectivity index (χ1v) is 12.1. The molecule has 0 saturated carbocycles. The molecule has 0 spiro atoms. The third-order valence-electron chi connectivity index (χ3n) is 6.58. The number of amides is 1. The summed E-state index contributed by atoms with van der Waals surface area (Å²) in [5.41, 5.74) is 2.60. The van der Waals surface area contributed by atoms with E-state index in [1.54, 1.807) is 26.2 Å². The highest BCUT2D eigenvalue weighted by molar-refractivity contribution is 6.03. The standard InChI is InChI=1S/C27H33N3O5/c1-4-35-27(32)23-13-7-8-15-29(23)18-26(31)30-24(21-12-5-6-14-25(21)34-3)17-22(28-30)19-10-9-11-20(16-19)33-2/h5-6,9-12,14,16,23-24H,4,7-8,13,15,17-18H2,1-3H3/t23-,24-/m0/s1. The largest absolute Gasteiger partial charge is 0.497 e. The molecule has 2 aromatic rings. The Kier molecular flexibility index (Phi) is 8.02. The average molecular weight is 480 g/mol. The fourth-order valence-corrected chi connectivity index (χ4v) is 4.83. The van der Waals surface area contributed by atoms with Crippen LogP contribution in [0.2, 0.25) is 0 Å². The van der Waals surface area contributed by atoms with Crippen molar-refractivity contribution in [2.45, 2.75) is 44.7 Å². The second-order valence-electron chi connectivity index (χ2n) is 8.71. The number of likely N-dealkylation sites (tertiary alicyclic amines) is 1. The number of methoxy groups -OCH3 is 2. The summed E-state index contributed by atoms with van der Waals surface area (Å²) in [7, 11) is 3.25. The zero-order chi connectivity index (χ0) is 24.8. The zero-order valence-electron chi connectivity index (χ0n) is 20.6. The summed E-state index contributed by atoms with van der Waals surface area (Å²) in [6.07, 6.45) is 3.12. The fraction of sp³-hybridized carbons (Fsp3) is 0.444. The smallest absolute Gasteiger partial charge is 0.323 e. The molecule has 2 atom stereocenters. The van der Waals surface area contributed by atoms with E-state index in [2.05, 4.69) is 0 Å². The molecular formula is C27H33N3O5. The van der Waals surface area contributed by atoms with Crippen molar-refractivity contribution in [2.75, 3.05) is 33.9 Å². The van der Waals surface area contributed by atoms with Gasteiger partial charge in [0.25, 0.3) is 5.91 Å². The van der Waals surface area contributed by atoms with Crippen molar-refractivity contribution < 1.29 is 23.8 Å². The lowest BCUT2D eigenvalue weighted by Crippen LogP contribution is -2.49. The number of rotatable bonds is 8. The van der Waals surface area contributed by atoms with E-state index in [9.17, 15) is 9.59 Å². The van der Waals surface area contributed by atoms with Crippen LogP contribution in [0.5, 0.6) is 11.5 Å². The van der Waals surface area contributed by atoms with Gasteiger partial charge < -0.3 is 14.2 Å². The Morgan fingerprint density at radius 1 is 1.06 bits per heavy atom. The number of hydrazone groups is 1. The van der Waals surface area contributed by atoms with E-state index in [0.717, 1.165) is 35.4 Å². The number of para-hydroxylation sites is 1. The Morgan fingerprint density at radius 3 is 2.66 bits per heavy atom. The van der Waals surface area contributed by atoms with Gasteiger partial charge in [0.05, 0.1) is 39.1 Å². The molecule has 0 radical (unpaired) electrons. The number of ether oxygens (including phenoxy) is 3. The van der Waals surface area contributed by atoms with Crippen molar-refractivity contribution in [2.24, 2.45) is 5.10 Å². The maximum Gasteiger partial charge on any atom is 0.323 e. The molecule has 2 heterocycles. The number of hydrogen-bond donors (Lipinski definition) is 0. The summed E-state index contributed by atoms with van der Waals surface area (Å²) in [5.74, 6) is 1.02. The minimum atomic E-state index is -0.401. The Labute approximate surface area is 206 Å². The lowest BCUT2D eigenvalue weighted by molar-refractivity contribution is -0.152. The molecular weight excluding hydrogens is 446 g/mol. The number of esters is 1. The number of piperidine rings is 1. The van der Waals surface area contributed by atoms with E-state index in [1.165, 1.54) is 0 Å². The highest BCUT2D eigenvalue weighted by Crippen LogP contribution is 2.38. The molecule has 8 nitrogen and oxygen atoms in total. The van der Waals surface area contributed by atoms with Gasteiger partial charge in [0.15, 0.2) is 0 Å². The van der Waals surface area contributed by atoms with Crippen LogP contribution in [-0.2, 0) is 14.3 Å². The molecule has 1 saturated heterocycles. The highest BCUT2D eigenvalue weighted by Gasteiger charge is 2.38. The number of carbonyl (C=O) groups excluding carboxylic acids is 2. The minimum absolute atomic E-state index is 0.101. The predicted molar refractivity (Wildman–Crippen MR) is 133 cm³/mol. The van der Waals surface area contributed by atoms with Gasteiger partial charge in [0.2, 0.25) is 0 Å². The third kappa shape index (κ3) is 5.48. The maximum atomic E-state index is 13.7. The number of benzene rings is 2. The molecule has 2 aromatic carbocycles. The van der Waals surface area contributed by atoms with Crippen LogP contribution in [0.25, 0.3) is 0 Å². The van der Waals surface area contributed by atoms with Gasteiger partial charge in [0, 0.05) is 17.5 Å². The second-order valence-corrected chi connectivity index (χ2v) is 8.71. The molecule has 4 rings (SSSR count). The van der Waals surface area contributed by atoms with Crippen LogP contribution in [0.1, 0.15) is 49.8 Å². The number of hydrogen-bond acceptors (Lipinski definition) is 7. The molecule has 0 aliphatic carbocycles. The normalized spacial score (nSPS) is 20.3. The first kappa shape index (κ1) is 24.7. The second kappa shape index (κ2) is 11.4. The van der Waals surface area contributed by atoms with Crippen LogP contribution in [0.3, 0.4) is 0 Å². The van der Waals surface area contributed by atoms with E-state index >= 15 is 0 Å². The van der Waals surface area contributed by atoms with E-state index in [-0.39, 0.29) is 24.5 Å². The molecule has 2 aliphatic rings. The topological polar surface area (TPSA) is 80.7 Å². The van der Waals surface area contributed by atoms with Gasteiger partial charge in [-0.1, -0.05) is 36.8 Å². The Bertz CT molecular complexity index is 1090. The van der Waals surface area contributed by atoms with Gasteiger partial charge >= 0.3 is 5.97 Å². The van der Waals surface area contributed by atoms with E-state index in [0.29, 0.717) is 31.7 Å². The molecule has 8 heteroatoms. The van der Waals surface area contributed by atoms with Crippen LogP contribution >= 0.6 is 0 Å². The molecule has 2 aliphatic heterocycles. The van der Waals surface area contributed by atoms with Crippen LogP contribution in [0, 0.1) is 0 Å². The van der Waals surface area contributed by atoms with Crippen molar-refractivity contribution in [3.8, 4) is 11.5 Å². The van der Waals surface area contributed by atoms with Gasteiger partial charge in [0.1, 0.15) is 17.5 Å². The summed E-state index contributed by atoms with van der Waals surface area (Å²) in [6.45, 7) is 2.90. The summed E-state index contributed by atoms with van der Waals surface area (Å²) in [4.78, 5) is 28.1. The molecule has 186 valence electrons. The Morgan fingerprint density at radius 2 is 1.89 bits per heavy atom. The van der Waals surface area contributed by atoms with E-state index in [4.69, 9.17) is 19.3 Å². The maximum absolute atomic E-state index is 13.7. The van der Waals surface area contributed by atoms with Crippen molar-refractivity contribution in [3.63, 3.8) is 0 Å². The molecule has 0 bridgehead atoms. The lowest BCUT2D eigenvalue weighted by Gasteiger charge is -2.34. The van der Waals surface area contributed by atoms with Crippen LogP contribution in [0.15, 0.2) is 53.6 Å². The monoisotopic (exact) mass is 479 g/mol. The minimum Gasteiger partial charge on any atom is -0.497 e. The Balaban J connectivity index is 1.64. The van der Waals surface area contributed by atoms with Gasteiger partial charge in [-0.2, -0.15) is 5.10 Å². The molecule has 1 amide bonds.